The summed E-state index contributed by atoms with van der Waals surface area (Å²) in [4.78, 5) is 27.6. The molecule has 1 saturated heterocycles. The molecule has 34 heavy (non-hydrogen) atoms. The zero-order chi connectivity index (χ0) is 24.2. The first-order chi connectivity index (χ1) is 16.3. The third kappa shape index (κ3) is 5.09. The molecular weight excluding hydrogens is 450 g/mol. The maximum Gasteiger partial charge on any atom is 0.227 e. The van der Waals surface area contributed by atoms with Crippen LogP contribution < -0.4 is 15.5 Å². The van der Waals surface area contributed by atoms with Crippen molar-refractivity contribution in [2.24, 2.45) is 11.8 Å². The van der Waals surface area contributed by atoms with E-state index >= 15 is 0 Å². The number of hydrogen-bond acceptors (Lipinski definition) is 4. The van der Waals surface area contributed by atoms with Gasteiger partial charge in [-0.1, -0.05) is 55.8 Å². The highest BCUT2D eigenvalue weighted by Crippen LogP contribution is 2.35. The Bertz CT molecular complexity index is 1170. The van der Waals surface area contributed by atoms with Crippen molar-refractivity contribution in [2.75, 3.05) is 28.6 Å². The lowest BCUT2D eigenvalue weighted by molar-refractivity contribution is -0.120. The van der Waals surface area contributed by atoms with Gasteiger partial charge in [0, 0.05) is 24.9 Å². The summed E-state index contributed by atoms with van der Waals surface area (Å²) in [5.74, 6) is 0.518. The smallest absolute Gasteiger partial charge is 0.227 e. The molecular formula is C26H30ClN5O2. The third-order valence-corrected chi connectivity index (χ3v) is 6.44. The lowest BCUT2D eigenvalue weighted by atomic mass is 9.95. The topological polar surface area (TPSA) is 79.3 Å². The molecule has 0 unspecified atom stereocenters. The molecule has 2 N–H and O–H groups in total. The Balaban J connectivity index is 1.56. The second-order valence-electron chi connectivity index (χ2n) is 8.91. The van der Waals surface area contributed by atoms with Crippen LogP contribution in [-0.4, -0.2) is 34.7 Å². The van der Waals surface area contributed by atoms with E-state index in [-0.39, 0.29) is 23.7 Å². The summed E-state index contributed by atoms with van der Waals surface area (Å²) >= 11 is 6.20. The number of nitrogens with zero attached hydrogens (tertiary/aromatic N) is 3. The van der Waals surface area contributed by atoms with Crippen molar-refractivity contribution in [3.8, 4) is 5.69 Å². The number of benzene rings is 2. The molecule has 3 aromatic rings. The van der Waals surface area contributed by atoms with E-state index in [1.165, 1.54) is 0 Å². The van der Waals surface area contributed by atoms with Crippen LogP contribution in [0.2, 0.25) is 5.02 Å². The predicted octanol–water partition coefficient (Wildman–Crippen LogP) is 5.28. The fraction of sp³-hybridized carbons (Fsp3) is 0.346. The van der Waals surface area contributed by atoms with Crippen LogP contribution >= 0.6 is 11.6 Å². The fourth-order valence-corrected chi connectivity index (χ4v) is 4.30. The lowest BCUT2D eigenvalue weighted by Gasteiger charge is -2.33. The first kappa shape index (κ1) is 23.8. The minimum absolute atomic E-state index is 0.0196. The molecule has 178 valence electrons. The van der Waals surface area contributed by atoms with Gasteiger partial charge in [-0.3, -0.25) is 9.59 Å². The Morgan fingerprint density at radius 1 is 1.00 bits per heavy atom. The number of aromatic nitrogens is 2. The van der Waals surface area contributed by atoms with E-state index < -0.39 is 0 Å². The van der Waals surface area contributed by atoms with Gasteiger partial charge < -0.3 is 15.5 Å². The summed E-state index contributed by atoms with van der Waals surface area (Å²) in [5, 5.41) is 11.3. The van der Waals surface area contributed by atoms with E-state index in [9.17, 15) is 9.59 Å². The molecule has 1 aromatic heterocycles. The molecule has 0 aliphatic carbocycles. The Morgan fingerprint density at radius 2 is 1.65 bits per heavy atom. The summed E-state index contributed by atoms with van der Waals surface area (Å²) in [6.45, 7) is 6.99. The van der Waals surface area contributed by atoms with Gasteiger partial charge in [0.2, 0.25) is 11.8 Å². The summed E-state index contributed by atoms with van der Waals surface area (Å²) in [7, 11) is 0. The molecule has 2 aromatic carbocycles. The molecule has 0 radical (unpaired) electrons. The molecule has 0 spiro atoms. The highest BCUT2D eigenvalue weighted by atomic mass is 35.5. The van der Waals surface area contributed by atoms with E-state index in [4.69, 9.17) is 16.7 Å². The first-order valence-electron chi connectivity index (χ1n) is 11.6. The number of carbonyl (C=O) groups excluding carboxylic acids is 2. The van der Waals surface area contributed by atoms with E-state index in [2.05, 4.69) is 15.5 Å². The minimum Gasteiger partial charge on any atom is -0.355 e. The number of nitrogens with one attached hydrogen (secondary N) is 2. The number of hydrogen-bond donors (Lipinski definition) is 2. The molecule has 1 aliphatic rings. The molecule has 1 fully saturated rings. The summed E-state index contributed by atoms with van der Waals surface area (Å²) < 4.78 is 1.88. The largest absolute Gasteiger partial charge is 0.355 e. The number of piperidine rings is 1. The second kappa shape index (κ2) is 10.3. The standard InChI is InChI=1S/C26H30ClN5O2/c1-17(2)24(33)29-23-18(3)30-32(20-9-5-4-6-10-20)26(23)31-15-13-19(14-16-31)25(34)28-22-12-8-7-11-21(22)27/h4-12,17,19H,13-16H2,1-3H3,(H,28,34)(H,29,33). The van der Waals surface area contributed by atoms with Gasteiger partial charge >= 0.3 is 0 Å². The van der Waals surface area contributed by atoms with Crippen LogP contribution in [0, 0.1) is 18.8 Å². The van der Waals surface area contributed by atoms with Gasteiger partial charge in [-0.05, 0) is 44.0 Å². The quantitative estimate of drug-likeness (QED) is 0.504. The van der Waals surface area contributed by atoms with Gasteiger partial charge in [0.15, 0.2) is 5.82 Å². The highest BCUT2D eigenvalue weighted by molar-refractivity contribution is 6.33. The molecule has 8 heteroatoms. The summed E-state index contributed by atoms with van der Waals surface area (Å²) in [6.07, 6.45) is 1.37. The molecule has 2 heterocycles. The van der Waals surface area contributed by atoms with Crippen molar-refractivity contribution < 1.29 is 9.59 Å². The number of halogens is 1. The predicted molar refractivity (Wildman–Crippen MR) is 137 cm³/mol. The van der Waals surface area contributed by atoms with Crippen molar-refractivity contribution in [1.29, 1.82) is 0 Å². The van der Waals surface area contributed by atoms with Gasteiger partial charge in [-0.25, -0.2) is 4.68 Å². The number of aryl methyl sites for hydroxylation is 1. The van der Waals surface area contributed by atoms with E-state index in [0.29, 0.717) is 36.6 Å². The van der Waals surface area contributed by atoms with Crippen molar-refractivity contribution in [3.63, 3.8) is 0 Å². The van der Waals surface area contributed by atoms with Gasteiger partial charge in [0.25, 0.3) is 0 Å². The van der Waals surface area contributed by atoms with E-state index in [1.54, 1.807) is 12.1 Å². The van der Waals surface area contributed by atoms with Crippen molar-refractivity contribution >= 4 is 40.6 Å². The Labute approximate surface area is 205 Å². The van der Waals surface area contributed by atoms with Crippen molar-refractivity contribution in [1.82, 2.24) is 9.78 Å². The zero-order valence-electron chi connectivity index (χ0n) is 19.7. The van der Waals surface area contributed by atoms with E-state index in [1.807, 2.05) is 67.9 Å². The fourth-order valence-electron chi connectivity index (χ4n) is 4.12. The maximum absolute atomic E-state index is 12.9. The maximum atomic E-state index is 12.9. The highest BCUT2D eigenvalue weighted by Gasteiger charge is 2.30. The second-order valence-corrected chi connectivity index (χ2v) is 9.31. The Kier molecular flexibility index (Phi) is 7.22. The molecule has 0 saturated carbocycles. The van der Waals surface area contributed by atoms with Crippen LogP contribution in [0.25, 0.3) is 5.69 Å². The first-order valence-corrected chi connectivity index (χ1v) is 12.0. The van der Waals surface area contributed by atoms with Crippen LogP contribution in [0.4, 0.5) is 17.2 Å². The summed E-state index contributed by atoms with van der Waals surface area (Å²) in [5.41, 5.74) is 3.03. The van der Waals surface area contributed by atoms with Gasteiger partial charge in [0.05, 0.1) is 22.1 Å². The van der Waals surface area contributed by atoms with Crippen molar-refractivity contribution in [3.05, 3.63) is 65.3 Å². The van der Waals surface area contributed by atoms with Gasteiger partial charge in [-0.15, -0.1) is 0 Å². The SMILES string of the molecule is Cc1nn(-c2ccccc2)c(N2CCC(C(=O)Nc3ccccc3Cl)CC2)c1NC(=O)C(C)C. The van der Waals surface area contributed by atoms with Gasteiger partial charge in [-0.2, -0.15) is 5.10 Å². The number of carbonyl (C=O) groups is 2. The molecule has 1 aliphatic heterocycles. The molecule has 4 rings (SSSR count). The third-order valence-electron chi connectivity index (χ3n) is 6.11. The normalized spacial score (nSPS) is 14.3. The average Bonchev–Trinajstić information content (AvgIpc) is 3.17. The van der Waals surface area contributed by atoms with E-state index in [0.717, 1.165) is 22.9 Å². The average molecular weight is 480 g/mol. The number of anilines is 3. The zero-order valence-corrected chi connectivity index (χ0v) is 20.5. The molecule has 7 nitrogen and oxygen atoms in total. The molecule has 0 bridgehead atoms. The molecule has 0 atom stereocenters. The van der Waals surface area contributed by atoms with Crippen LogP contribution in [0.15, 0.2) is 54.6 Å². The molecule has 2 amide bonds. The van der Waals surface area contributed by atoms with Crippen LogP contribution in [0.3, 0.4) is 0 Å². The summed E-state index contributed by atoms with van der Waals surface area (Å²) in [6, 6.07) is 17.1. The minimum atomic E-state index is -0.147. The Hall–Kier alpha value is -3.32. The van der Waals surface area contributed by atoms with Crippen molar-refractivity contribution in [2.45, 2.75) is 33.6 Å². The van der Waals surface area contributed by atoms with Crippen LogP contribution in [0.5, 0.6) is 0 Å². The number of rotatable bonds is 6. The number of amides is 2. The van der Waals surface area contributed by atoms with Crippen LogP contribution in [0.1, 0.15) is 32.4 Å². The number of para-hydroxylation sites is 2. The monoisotopic (exact) mass is 479 g/mol. The Morgan fingerprint density at radius 3 is 2.29 bits per heavy atom. The lowest BCUT2D eigenvalue weighted by Crippen LogP contribution is -2.39. The van der Waals surface area contributed by atoms with Gasteiger partial charge in [0.1, 0.15) is 5.69 Å². The van der Waals surface area contributed by atoms with Crippen LogP contribution in [-0.2, 0) is 9.59 Å².